The monoisotopic (exact) mass is 314 g/mol. The summed E-state index contributed by atoms with van der Waals surface area (Å²) in [6.45, 7) is 2.51. The van der Waals surface area contributed by atoms with Crippen molar-refractivity contribution >= 4 is 11.6 Å². The Balaban J connectivity index is 1.51. The number of anilines is 1. The highest BCUT2D eigenvalue weighted by Crippen LogP contribution is 2.15. The van der Waals surface area contributed by atoms with Crippen LogP contribution in [0.2, 0.25) is 0 Å². The molecular formula is C17H22N4O2. The lowest BCUT2D eigenvalue weighted by atomic mass is 10.1. The SMILES string of the molecule is Nc1ccccc1CCC(=O)N1CCOC(Cn2cccn2)C1. The van der Waals surface area contributed by atoms with Gasteiger partial charge >= 0.3 is 0 Å². The number of hydrogen-bond acceptors (Lipinski definition) is 4. The molecule has 1 aromatic heterocycles. The molecule has 1 aromatic carbocycles. The molecule has 2 heterocycles. The standard InChI is InChI=1S/C17H22N4O2/c18-16-5-2-1-4-14(16)6-7-17(22)20-10-11-23-15(12-20)13-21-9-3-8-19-21/h1-5,8-9,15H,6-7,10-13,18H2. The molecule has 0 aliphatic carbocycles. The number of carbonyl (C=O) groups is 1. The lowest BCUT2D eigenvalue weighted by Crippen LogP contribution is -2.47. The van der Waals surface area contributed by atoms with Crippen molar-refractivity contribution < 1.29 is 9.53 Å². The topological polar surface area (TPSA) is 73.4 Å². The molecule has 6 nitrogen and oxygen atoms in total. The highest BCUT2D eigenvalue weighted by atomic mass is 16.5. The fraction of sp³-hybridized carbons (Fsp3) is 0.412. The zero-order valence-electron chi connectivity index (χ0n) is 13.1. The lowest BCUT2D eigenvalue weighted by Gasteiger charge is -2.33. The molecule has 1 atom stereocenters. The summed E-state index contributed by atoms with van der Waals surface area (Å²) in [5, 5.41) is 4.19. The average molecular weight is 314 g/mol. The first kappa shape index (κ1) is 15.6. The second kappa shape index (κ2) is 7.28. The van der Waals surface area contributed by atoms with Crippen LogP contribution in [0.4, 0.5) is 5.69 Å². The van der Waals surface area contributed by atoms with E-state index in [1.807, 2.05) is 46.1 Å². The first-order valence-electron chi connectivity index (χ1n) is 7.92. The van der Waals surface area contributed by atoms with E-state index < -0.39 is 0 Å². The van der Waals surface area contributed by atoms with E-state index in [1.54, 1.807) is 6.20 Å². The molecule has 0 bridgehead atoms. The Kier molecular flexibility index (Phi) is 4.92. The number of nitrogens with two attached hydrogens (primary N) is 1. The summed E-state index contributed by atoms with van der Waals surface area (Å²) < 4.78 is 7.58. The summed E-state index contributed by atoms with van der Waals surface area (Å²) in [6, 6.07) is 9.58. The summed E-state index contributed by atoms with van der Waals surface area (Å²) in [6.07, 6.45) is 4.79. The van der Waals surface area contributed by atoms with Crippen LogP contribution in [0.3, 0.4) is 0 Å². The van der Waals surface area contributed by atoms with Crippen LogP contribution in [0.15, 0.2) is 42.7 Å². The molecule has 0 radical (unpaired) electrons. The van der Waals surface area contributed by atoms with Crippen molar-refractivity contribution in [3.8, 4) is 0 Å². The molecule has 0 spiro atoms. The molecular weight excluding hydrogens is 292 g/mol. The Morgan fingerprint density at radius 3 is 3.00 bits per heavy atom. The van der Waals surface area contributed by atoms with Gasteiger partial charge in [-0.3, -0.25) is 9.48 Å². The van der Waals surface area contributed by atoms with Gasteiger partial charge in [0, 0.05) is 37.6 Å². The molecule has 2 aromatic rings. The largest absolute Gasteiger partial charge is 0.399 e. The first-order valence-corrected chi connectivity index (χ1v) is 7.92. The number of amides is 1. The highest BCUT2D eigenvalue weighted by Gasteiger charge is 2.24. The van der Waals surface area contributed by atoms with Crippen LogP contribution >= 0.6 is 0 Å². The number of rotatable bonds is 5. The van der Waals surface area contributed by atoms with Crippen LogP contribution in [0.5, 0.6) is 0 Å². The molecule has 23 heavy (non-hydrogen) atoms. The number of nitrogens with zero attached hydrogens (tertiary/aromatic N) is 3. The van der Waals surface area contributed by atoms with Crippen molar-refractivity contribution in [2.75, 3.05) is 25.4 Å². The number of benzene rings is 1. The predicted molar refractivity (Wildman–Crippen MR) is 87.7 cm³/mol. The molecule has 1 fully saturated rings. The van der Waals surface area contributed by atoms with Crippen LogP contribution < -0.4 is 5.73 Å². The highest BCUT2D eigenvalue weighted by molar-refractivity contribution is 5.76. The number of aryl methyl sites for hydroxylation is 1. The van der Waals surface area contributed by atoms with Crippen molar-refractivity contribution in [3.63, 3.8) is 0 Å². The minimum absolute atomic E-state index is 0.00519. The Bertz CT molecular complexity index is 642. The fourth-order valence-electron chi connectivity index (χ4n) is 2.83. The smallest absolute Gasteiger partial charge is 0.223 e. The van der Waals surface area contributed by atoms with Crippen molar-refractivity contribution in [1.29, 1.82) is 0 Å². The molecule has 1 aliphatic heterocycles. The van der Waals surface area contributed by atoms with E-state index in [2.05, 4.69) is 5.10 Å². The Hall–Kier alpha value is -2.34. The van der Waals surface area contributed by atoms with Gasteiger partial charge in [-0.15, -0.1) is 0 Å². The van der Waals surface area contributed by atoms with Gasteiger partial charge in [0.25, 0.3) is 0 Å². The molecule has 2 N–H and O–H groups in total. The average Bonchev–Trinajstić information content (AvgIpc) is 3.07. The number of ether oxygens (including phenoxy) is 1. The van der Waals surface area contributed by atoms with Gasteiger partial charge in [-0.05, 0) is 24.1 Å². The van der Waals surface area contributed by atoms with Crippen molar-refractivity contribution in [2.24, 2.45) is 0 Å². The van der Waals surface area contributed by atoms with Crippen molar-refractivity contribution in [3.05, 3.63) is 48.3 Å². The normalized spacial score (nSPS) is 18.1. The zero-order chi connectivity index (χ0) is 16.1. The minimum atomic E-state index is -0.00519. The van der Waals surface area contributed by atoms with Gasteiger partial charge in [-0.2, -0.15) is 5.10 Å². The van der Waals surface area contributed by atoms with Gasteiger partial charge in [-0.1, -0.05) is 18.2 Å². The summed E-state index contributed by atoms with van der Waals surface area (Å²) >= 11 is 0. The Labute approximate surface area is 135 Å². The van der Waals surface area contributed by atoms with Crippen LogP contribution in [-0.2, 0) is 22.5 Å². The maximum atomic E-state index is 12.4. The van der Waals surface area contributed by atoms with Gasteiger partial charge in [-0.25, -0.2) is 0 Å². The third-order valence-electron chi connectivity index (χ3n) is 4.10. The van der Waals surface area contributed by atoms with Gasteiger partial charge < -0.3 is 15.4 Å². The molecule has 0 saturated carbocycles. The first-order chi connectivity index (χ1) is 11.2. The van der Waals surface area contributed by atoms with Crippen LogP contribution in [0.1, 0.15) is 12.0 Å². The van der Waals surface area contributed by atoms with E-state index in [-0.39, 0.29) is 12.0 Å². The molecule has 1 amide bonds. The molecule has 6 heteroatoms. The van der Waals surface area contributed by atoms with Crippen LogP contribution in [0, 0.1) is 0 Å². The van der Waals surface area contributed by atoms with E-state index in [4.69, 9.17) is 10.5 Å². The number of para-hydroxylation sites is 1. The quantitative estimate of drug-likeness (QED) is 0.845. The number of carbonyl (C=O) groups excluding carboxylic acids is 1. The van der Waals surface area contributed by atoms with Gasteiger partial charge in [0.05, 0.1) is 19.3 Å². The van der Waals surface area contributed by atoms with Crippen molar-refractivity contribution in [2.45, 2.75) is 25.5 Å². The lowest BCUT2D eigenvalue weighted by molar-refractivity contribution is -0.139. The van der Waals surface area contributed by atoms with Crippen molar-refractivity contribution in [1.82, 2.24) is 14.7 Å². The van der Waals surface area contributed by atoms with Crippen LogP contribution in [-0.4, -0.2) is 46.4 Å². The predicted octanol–water partition coefficient (Wildman–Crippen LogP) is 1.33. The second-order valence-electron chi connectivity index (χ2n) is 5.76. The second-order valence-corrected chi connectivity index (χ2v) is 5.76. The summed E-state index contributed by atoms with van der Waals surface area (Å²) in [4.78, 5) is 14.3. The third kappa shape index (κ3) is 4.10. The Morgan fingerprint density at radius 2 is 2.22 bits per heavy atom. The molecule has 1 aliphatic rings. The molecule has 122 valence electrons. The molecule has 1 saturated heterocycles. The molecule has 1 unspecified atom stereocenters. The number of nitrogen functional groups attached to an aromatic ring is 1. The maximum Gasteiger partial charge on any atom is 0.223 e. The number of morpholine rings is 1. The van der Waals surface area contributed by atoms with Gasteiger partial charge in [0.15, 0.2) is 0 Å². The van der Waals surface area contributed by atoms with E-state index in [0.717, 1.165) is 11.3 Å². The van der Waals surface area contributed by atoms with Gasteiger partial charge in [0.2, 0.25) is 5.91 Å². The van der Waals surface area contributed by atoms with E-state index in [1.165, 1.54) is 0 Å². The summed E-state index contributed by atoms with van der Waals surface area (Å²) in [5.74, 6) is 0.155. The van der Waals surface area contributed by atoms with Gasteiger partial charge in [0.1, 0.15) is 0 Å². The number of aromatic nitrogens is 2. The van der Waals surface area contributed by atoms with E-state index in [9.17, 15) is 4.79 Å². The summed E-state index contributed by atoms with van der Waals surface area (Å²) in [5.41, 5.74) is 7.71. The minimum Gasteiger partial charge on any atom is -0.399 e. The number of hydrogen-bond donors (Lipinski definition) is 1. The Morgan fingerprint density at radius 1 is 1.35 bits per heavy atom. The third-order valence-corrected chi connectivity index (χ3v) is 4.10. The zero-order valence-corrected chi connectivity index (χ0v) is 13.1. The van der Waals surface area contributed by atoms with Crippen LogP contribution in [0.25, 0.3) is 0 Å². The summed E-state index contributed by atoms with van der Waals surface area (Å²) in [7, 11) is 0. The fourth-order valence-corrected chi connectivity index (χ4v) is 2.83. The van der Waals surface area contributed by atoms with E-state index >= 15 is 0 Å². The van der Waals surface area contributed by atoms with E-state index in [0.29, 0.717) is 39.1 Å². The molecule has 3 rings (SSSR count). The maximum absolute atomic E-state index is 12.4.